The number of methoxy groups -OCH3 is 1. The van der Waals surface area contributed by atoms with Gasteiger partial charge in [0, 0.05) is 6.07 Å². The van der Waals surface area contributed by atoms with Crippen LogP contribution in [0.1, 0.15) is 5.56 Å². The van der Waals surface area contributed by atoms with E-state index >= 15 is 0 Å². The van der Waals surface area contributed by atoms with Crippen LogP contribution in [0.15, 0.2) is 18.2 Å². The van der Waals surface area contributed by atoms with Gasteiger partial charge in [0.25, 0.3) is 0 Å². The average Bonchev–Trinajstić information content (AvgIpc) is 2.38. The predicted octanol–water partition coefficient (Wildman–Crippen LogP) is 2.41. The van der Waals surface area contributed by atoms with E-state index in [0.29, 0.717) is 0 Å². The number of halogens is 4. The number of benzene rings is 1. The van der Waals surface area contributed by atoms with Gasteiger partial charge >= 0.3 is 18.3 Å². The SMILES string of the molecule is COc1cc(C#N)ccc1NC(=O)C(F)(F)C(F)F. The summed E-state index contributed by atoms with van der Waals surface area (Å²) in [5.41, 5.74) is -0.0673. The Kier molecular flexibility index (Phi) is 4.32. The molecule has 1 amide bonds. The second-order valence-electron chi connectivity index (χ2n) is 3.40. The number of amides is 1. The molecule has 102 valence electrons. The predicted molar refractivity (Wildman–Crippen MR) is 57.3 cm³/mol. The van der Waals surface area contributed by atoms with Crippen molar-refractivity contribution in [3.8, 4) is 11.8 Å². The molecule has 0 fully saturated rings. The van der Waals surface area contributed by atoms with Crippen molar-refractivity contribution in [1.82, 2.24) is 0 Å². The van der Waals surface area contributed by atoms with Crippen molar-refractivity contribution in [2.45, 2.75) is 12.3 Å². The molecule has 19 heavy (non-hydrogen) atoms. The molecule has 0 saturated carbocycles. The van der Waals surface area contributed by atoms with Crippen LogP contribution in [0.5, 0.6) is 5.75 Å². The number of ether oxygens (including phenoxy) is 1. The lowest BCUT2D eigenvalue weighted by Gasteiger charge is -2.16. The quantitative estimate of drug-likeness (QED) is 0.859. The van der Waals surface area contributed by atoms with Crippen LogP contribution in [0.2, 0.25) is 0 Å². The second-order valence-corrected chi connectivity index (χ2v) is 3.40. The van der Waals surface area contributed by atoms with Gasteiger partial charge in [-0.2, -0.15) is 14.0 Å². The van der Waals surface area contributed by atoms with Gasteiger partial charge in [-0.05, 0) is 12.1 Å². The molecular weight excluding hydrogens is 268 g/mol. The number of carbonyl (C=O) groups is 1. The second kappa shape index (κ2) is 5.56. The van der Waals surface area contributed by atoms with Crippen LogP contribution in [0, 0.1) is 11.3 Å². The third-order valence-corrected chi connectivity index (χ3v) is 2.16. The Bertz CT molecular complexity index is 526. The fourth-order valence-corrected chi connectivity index (χ4v) is 1.17. The van der Waals surface area contributed by atoms with Crippen LogP contribution in [0.4, 0.5) is 23.2 Å². The molecule has 0 aliphatic carbocycles. The number of carbonyl (C=O) groups excluding carboxylic acids is 1. The van der Waals surface area contributed by atoms with Crippen LogP contribution in [0.3, 0.4) is 0 Å². The molecule has 1 rings (SSSR count). The summed E-state index contributed by atoms with van der Waals surface area (Å²) in [5.74, 6) is -7.04. The minimum Gasteiger partial charge on any atom is -0.495 e. The first kappa shape index (κ1) is 14.8. The molecule has 0 heterocycles. The zero-order chi connectivity index (χ0) is 14.6. The number of nitriles is 1. The van der Waals surface area contributed by atoms with Crippen molar-refractivity contribution in [1.29, 1.82) is 5.26 Å². The van der Waals surface area contributed by atoms with Gasteiger partial charge in [0.05, 0.1) is 24.4 Å². The standard InChI is InChI=1S/C11H8F4N2O2/c1-19-8-4-6(5-16)2-3-7(8)17-10(18)11(14,15)9(12)13/h2-4,9H,1H3,(H,17,18). The molecule has 0 spiro atoms. The average molecular weight is 276 g/mol. The molecule has 0 aliphatic rings. The smallest absolute Gasteiger partial charge is 0.383 e. The molecule has 0 unspecified atom stereocenters. The highest BCUT2D eigenvalue weighted by Crippen LogP contribution is 2.29. The zero-order valence-corrected chi connectivity index (χ0v) is 9.58. The fourth-order valence-electron chi connectivity index (χ4n) is 1.17. The summed E-state index contributed by atoms with van der Waals surface area (Å²) < 4.78 is 54.2. The Hall–Kier alpha value is -2.30. The van der Waals surface area contributed by atoms with Gasteiger partial charge in [0.1, 0.15) is 5.75 Å². The van der Waals surface area contributed by atoms with Crippen molar-refractivity contribution >= 4 is 11.6 Å². The summed E-state index contributed by atoms with van der Waals surface area (Å²) >= 11 is 0. The van der Waals surface area contributed by atoms with Gasteiger partial charge in [0.2, 0.25) is 0 Å². The van der Waals surface area contributed by atoms with E-state index in [9.17, 15) is 22.4 Å². The van der Waals surface area contributed by atoms with Crippen molar-refractivity contribution in [2.24, 2.45) is 0 Å². The monoisotopic (exact) mass is 276 g/mol. The van der Waals surface area contributed by atoms with Crippen LogP contribution < -0.4 is 10.1 Å². The Balaban J connectivity index is 3.01. The van der Waals surface area contributed by atoms with E-state index in [1.165, 1.54) is 19.2 Å². The Morgan fingerprint density at radius 3 is 2.58 bits per heavy atom. The molecule has 1 aromatic carbocycles. The lowest BCUT2D eigenvalue weighted by molar-refractivity contribution is -0.163. The molecule has 0 aliphatic heterocycles. The third-order valence-electron chi connectivity index (χ3n) is 2.16. The minimum absolute atomic E-state index is 0.0857. The maximum atomic E-state index is 12.8. The van der Waals surface area contributed by atoms with E-state index < -0.39 is 18.3 Å². The number of hydrogen-bond acceptors (Lipinski definition) is 3. The van der Waals surface area contributed by atoms with Crippen molar-refractivity contribution in [3.63, 3.8) is 0 Å². The molecule has 8 heteroatoms. The van der Waals surface area contributed by atoms with Gasteiger partial charge < -0.3 is 10.1 Å². The lowest BCUT2D eigenvalue weighted by atomic mass is 10.2. The third kappa shape index (κ3) is 3.13. The molecule has 4 nitrogen and oxygen atoms in total. The molecule has 0 radical (unpaired) electrons. The van der Waals surface area contributed by atoms with E-state index in [1.54, 1.807) is 11.4 Å². The van der Waals surface area contributed by atoms with Gasteiger partial charge in [-0.15, -0.1) is 0 Å². The first-order valence-corrected chi connectivity index (χ1v) is 4.88. The normalized spacial score (nSPS) is 11.0. The highest BCUT2D eigenvalue weighted by atomic mass is 19.3. The fraction of sp³-hybridized carbons (Fsp3) is 0.273. The summed E-state index contributed by atoms with van der Waals surface area (Å²) in [4.78, 5) is 11.0. The number of rotatable bonds is 4. The Morgan fingerprint density at radius 2 is 2.11 bits per heavy atom. The van der Waals surface area contributed by atoms with Crippen LogP contribution in [0.25, 0.3) is 0 Å². The van der Waals surface area contributed by atoms with Gasteiger partial charge in [-0.25, -0.2) is 8.78 Å². The number of anilines is 1. The van der Waals surface area contributed by atoms with E-state index in [4.69, 9.17) is 10.00 Å². The first-order chi connectivity index (χ1) is 8.82. The topological polar surface area (TPSA) is 62.1 Å². The van der Waals surface area contributed by atoms with Gasteiger partial charge in [-0.1, -0.05) is 0 Å². The van der Waals surface area contributed by atoms with Crippen LogP contribution in [-0.2, 0) is 4.79 Å². The molecule has 0 saturated heterocycles. The van der Waals surface area contributed by atoms with Crippen molar-refractivity contribution in [3.05, 3.63) is 23.8 Å². The Labute approximate surface area is 105 Å². The summed E-state index contributed by atoms with van der Waals surface area (Å²) in [6.45, 7) is 0. The van der Waals surface area contributed by atoms with Crippen LogP contribution in [-0.4, -0.2) is 25.4 Å². The highest BCUT2D eigenvalue weighted by molar-refractivity contribution is 5.97. The lowest BCUT2D eigenvalue weighted by Crippen LogP contribution is -2.41. The van der Waals surface area contributed by atoms with E-state index in [2.05, 4.69) is 0 Å². The molecule has 0 bridgehead atoms. The number of alkyl halides is 4. The van der Waals surface area contributed by atoms with Gasteiger partial charge in [0.15, 0.2) is 0 Å². The van der Waals surface area contributed by atoms with E-state index in [0.717, 1.165) is 6.07 Å². The summed E-state index contributed by atoms with van der Waals surface area (Å²) in [6.07, 6.45) is -4.11. The maximum absolute atomic E-state index is 12.8. The maximum Gasteiger partial charge on any atom is 0.383 e. The van der Waals surface area contributed by atoms with E-state index in [-0.39, 0.29) is 17.0 Å². The minimum atomic E-state index is -4.81. The number of hydrogen-bond donors (Lipinski definition) is 1. The summed E-state index contributed by atoms with van der Waals surface area (Å²) in [6, 6.07) is 5.28. The van der Waals surface area contributed by atoms with Crippen LogP contribution >= 0.6 is 0 Å². The zero-order valence-electron chi connectivity index (χ0n) is 9.58. The summed E-state index contributed by atoms with van der Waals surface area (Å²) in [5, 5.41) is 10.3. The first-order valence-electron chi connectivity index (χ1n) is 4.88. The van der Waals surface area contributed by atoms with Gasteiger partial charge in [-0.3, -0.25) is 4.79 Å². The largest absolute Gasteiger partial charge is 0.495 e. The number of nitrogens with one attached hydrogen (secondary N) is 1. The molecular formula is C11H8F4N2O2. The van der Waals surface area contributed by atoms with E-state index in [1.807, 2.05) is 0 Å². The molecule has 0 aromatic heterocycles. The molecule has 0 atom stereocenters. The number of nitrogens with zero attached hydrogens (tertiary/aromatic N) is 1. The highest BCUT2D eigenvalue weighted by Gasteiger charge is 2.49. The van der Waals surface area contributed by atoms with Crippen molar-refractivity contribution < 1.29 is 27.1 Å². The molecule has 1 aromatic rings. The summed E-state index contributed by atoms with van der Waals surface area (Å²) in [7, 11) is 1.18. The Morgan fingerprint density at radius 1 is 1.47 bits per heavy atom. The molecule has 1 N–H and O–H groups in total. The van der Waals surface area contributed by atoms with Crippen molar-refractivity contribution in [2.75, 3.05) is 12.4 Å².